The summed E-state index contributed by atoms with van der Waals surface area (Å²) >= 11 is 0. The first-order valence-corrected chi connectivity index (χ1v) is 12.2. The van der Waals surface area contributed by atoms with Gasteiger partial charge in [0.25, 0.3) is 10.0 Å². The van der Waals surface area contributed by atoms with E-state index in [-0.39, 0.29) is 5.03 Å². The Morgan fingerprint density at radius 3 is 2.39 bits per heavy atom. The lowest BCUT2D eigenvalue weighted by atomic mass is 9.99. The Balaban J connectivity index is 1.32. The van der Waals surface area contributed by atoms with Gasteiger partial charge in [0.05, 0.1) is 5.69 Å². The number of aromatic nitrogens is 2. The average molecular weight is 448 g/mol. The second-order valence-corrected chi connectivity index (χ2v) is 10.3. The van der Waals surface area contributed by atoms with Crippen LogP contribution in [-0.2, 0) is 49.3 Å². The maximum absolute atomic E-state index is 13.0. The van der Waals surface area contributed by atoms with Gasteiger partial charge < -0.3 is 5.32 Å². The molecule has 0 spiro atoms. The van der Waals surface area contributed by atoms with Gasteiger partial charge in [0.1, 0.15) is 6.17 Å². The van der Waals surface area contributed by atoms with Crippen LogP contribution < -0.4 is 10.0 Å². The van der Waals surface area contributed by atoms with Crippen molar-refractivity contribution in [2.75, 3.05) is 18.4 Å². The Morgan fingerprint density at radius 1 is 1.13 bits per heavy atom. The second kappa shape index (κ2) is 7.59. The number of nitrogens with one attached hydrogen (secondary N) is 2. The van der Waals surface area contributed by atoms with Gasteiger partial charge in [-0.05, 0) is 60.8 Å². The molecule has 0 radical (unpaired) electrons. The van der Waals surface area contributed by atoms with Crippen LogP contribution in [0.4, 0.5) is 14.9 Å². The highest BCUT2D eigenvalue weighted by Gasteiger charge is 2.29. The van der Waals surface area contributed by atoms with E-state index in [1.165, 1.54) is 21.9 Å². The minimum atomic E-state index is -4.13. The molecule has 8 nitrogen and oxygen atoms in total. The molecular formula is C21H26FN5O3S. The van der Waals surface area contributed by atoms with Crippen LogP contribution in [0.1, 0.15) is 40.8 Å². The maximum Gasteiger partial charge on any atom is 0.333 e. The number of likely N-dealkylation sites (tertiary alicyclic amines) is 1. The molecule has 1 saturated heterocycles. The fraction of sp³-hybridized carbons (Fsp3) is 0.524. The average Bonchev–Trinajstić information content (AvgIpc) is 3.40. The van der Waals surface area contributed by atoms with E-state index in [4.69, 9.17) is 0 Å². The third-order valence-electron chi connectivity index (χ3n) is 6.47. The maximum atomic E-state index is 13.0. The molecule has 1 aromatic carbocycles. The van der Waals surface area contributed by atoms with Crippen molar-refractivity contribution in [3.05, 3.63) is 40.1 Å². The Bertz CT molecular complexity index is 1120. The summed E-state index contributed by atoms with van der Waals surface area (Å²) in [6.07, 6.45) is 5.04. The van der Waals surface area contributed by atoms with Crippen molar-refractivity contribution < 1.29 is 17.6 Å². The number of anilines is 1. The molecular weight excluding hydrogens is 421 g/mol. The van der Waals surface area contributed by atoms with Gasteiger partial charge in [0, 0.05) is 38.4 Å². The lowest BCUT2D eigenvalue weighted by molar-refractivity contribution is 0.0570. The zero-order chi connectivity index (χ0) is 21.8. The third kappa shape index (κ3) is 3.82. The van der Waals surface area contributed by atoms with Crippen molar-refractivity contribution in [1.29, 1.82) is 0 Å². The van der Waals surface area contributed by atoms with Crippen molar-refractivity contribution in [2.24, 2.45) is 7.05 Å². The van der Waals surface area contributed by atoms with Crippen molar-refractivity contribution in [2.45, 2.75) is 56.3 Å². The summed E-state index contributed by atoms with van der Waals surface area (Å²) in [6, 6.07) is 2.91. The highest BCUT2D eigenvalue weighted by atomic mass is 32.2. The lowest BCUT2D eigenvalue weighted by Gasteiger charge is -2.33. The zero-order valence-corrected chi connectivity index (χ0v) is 18.3. The standard InChI is InChI=1S/C21H26FN5O3S/c1-26-16(12-27-10-15(22)11-27)9-19(24-26)31(29,30)25-21(28)23-20-17-6-2-4-13(17)8-14-5-3-7-18(14)20/h8-9,15H,2-7,10-12H2,1H3,(H2,23,25,28). The van der Waals surface area contributed by atoms with Crippen LogP contribution in [0.2, 0.25) is 0 Å². The first-order chi connectivity index (χ1) is 14.8. The van der Waals surface area contributed by atoms with E-state index in [0.717, 1.165) is 55.3 Å². The molecule has 3 aliphatic rings. The van der Waals surface area contributed by atoms with Gasteiger partial charge in [-0.1, -0.05) is 6.07 Å². The van der Waals surface area contributed by atoms with Gasteiger partial charge in [0.15, 0.2) is 5.03 Å². The van der Waals surface area contributed by atoms with E-state index < -0.39 is 22.2 Å². The van der Waals surface area contributed by atoms with Crippen LogP contribution in [0.25, 0.3) is 0 Å². The minimum absolute atomic E-state index is 0.221. The summed E-state index contributed by atoms with van der Waals surface area (Å²) in [4.78, 5) is 14.5. The van der Waals surface area contributed by atoms with Crippen molar-refractivity contribution >= 4 is 21.7 Å². The molecule has 2 amide bonds. The largest absolute Gasteiger partial charge is 0.333 e. The molecule has 10 heteroatoms. The minimum Gasteiger partial charge on any atom is -0.307 e. The molecule has 0 atom stereocenters. The van der Waals surface area contributed by atoms with Crippen molar-refractivity contribution in [1.82, 2.24) is 19.4 Å². The first kappa shape index (κ1) is 20.4. The lowest BCUT2D eigenvalue weighted by Crippen LogP contribution is -2.47. The number of fused-ring (bicyclic) bond motifs is 2. The summed E-state index contributed by atoms with van der Waals surface area (Å²) in [5.41, 5.74) is 6.22. The van der Waals surface area contributed by atoms with Crippen LogP contribution in [0.15, 0.2) is 17.2 Å². The third-order valence-corrected chi connectivity index (χ3v) is 7.67. The topological polar surface area (TPSA) is 96.3 Å². The summed E-state index contributed by atoms with van der Waals surface area (Å²) in [6.45, 7) is 1.08. The number of aryl methyl sites for hydroxylation is 3. The Hall–Kier alpha value is -2.46. The number of sulfonamides is 1. The van der Waals surface area contributed by atoms with Crippen LogP contribution >= 0.6 is 0 Å². The Morgan fingerprint density at radius 2 is 1.77 bits per heavy atom. The van der Waals surface area contributed by atoms with Crippen LogP contribution in [0.5, 0.6) is 0 Å². The van der Waals surface area contributed by atoms with Gasteiger partial charge in [-0.2, -0.15) is 13.5 Å². The van der Waals surface area contributed by atoms with Crippen LogP contribution in [0, 0.1) is 0 Å². The van der Waals surface area contributed by atoms with Gasteiger partial charge in [0.2, 0.25) is 0 Å². The molecule has 1 fully saturated rings. The smallest absolute Gasteiger partial charge is 0.307 e. The van der Waals surface area contributed by atoms with E-state index >= 15 is 0 Å². The molecule has 31 heavy (non-hydrogen) atoms. The Labute approximate surface area is 180 Å². The van der Waals surface area contributed by atoms with Gasteiger partial charge in [-0.3, -0.25) is 9.58 Å². The van der Waals surface area contributed by atoms with Crippen LogP contribution in [-0.4, -0.2) is 48.4 Å². The van der Waals surface area contributed by atoms with E-state index in [0.29, 0.717) is 25.3 Å². The number of alkyl halides is 1. The number of hydrogen-bond donors (Lipinski definition) is 2. The van der Waals surface area contributed by atoms with Crippen molar-refractivity contribution in [3.8, 4) is 0 Å². The summed E-state index contributed by atoms with van der Waals surface area (Å²) in [5, 5.41) is 6.66. The normalized spacial score (nSPS) is 18.5. The molecule has 0 unspecified atom stereocenters. The molecule has 5 rings (SSSR count). The fourth-order valence-corrected chi connectivity index (χ4v) is 5.82. The van der Waals surface area contributed by atoms with Crippen LogP contribution in [0.3, 0.4) is 0 Å². The van der Waals surface area contributed by atoms with E-state index in [2.05, 4.69) is 21.2 Å². The van der Waals surface area contributed by atoms with Gasteiger partial charge in [-0.15, -0.1) is 0 Å². The molecule has 166 valence electrons. The number of hydrogen-bond acceptors (Lipinski definition) is 5. The molecule has 1 aliphatic heterocycles. The van der Waals surface area contributed by atoms with Gasteiger partial charge >= 0.3 is 6.03 Å². The highest BCUT2D eigenvalue weighted by Crippen LogP contribution is 2.38. The quantitative estimate of drug-likeness (QED) is 0.732. The fourth-order valence-electron chi connectivity index (χ4n) is 4.90. The predicted molar refractivity (Wildman–Crippen MR) is 113 cm³/mol. The zero-order valence-electron chi connectivity index (χ0n) is 17.4. The number of urea groups is 1. The molecule has 2 aliphatic carbocycles. The molecule has 2 aromatic rings. The summed E-state index contributed by atoms with van der Waals surface area (Å²) < 4.78 is 42.1. The summed E-state index contributed by atoms with van der Waals surface area (Å²) in [5.74, 6) is 0. The monoisotopic (exact) mass is 447 g/mol. The molecule has 0 saturated carbocycles. The van der Waals surface area contributed by atoms with E-state index in [1.807, 2.05) is 4.90 Å². The number of amides is 2. The number of rotatable bonds is 5. The number of carbonyl (C=O) groups is 1. The molecule has 1 aromatic heterocycles. The van der Waals surface area contributed by atoms with E-state index in [1.54, 1.807) is 7.05 Å². The predicted octanol–water partition coefficient (Wildman–Crippen LogP) is 2.06. The number of nitrogens with zero attached hydrogens (tertiary/aromatic N) is 3. The number of benzene rings is 1. The van der Waals surface area contributed by atoms with Gasteiger partial charge in [-0.25, -0.2) is 13.9 Å². The Kier molecular flexibility index (Phi) is 5.01. The second-order valence-electron chi connectivity index (χ2n) is 8.68. The van der Waals surface area contributed by atoms with E-state index in [9.17, 15) is 17.6 Å². The number of carbonyl (C=O) groups excluding carboxylic acids is 1. The summed E-state index contributed by atoms with van der Waals surface area (Å²) in [7, 11) is -2.49. The molecule has 2 heterocycles. The first-order valence-electron chi connectivity index (χ1n) is 10.7. The van der Waals surface area contributed by atoms with Crippen molar-refractivity contribution in [3.63, 3.8) is 0 Å². The number of halogens is 1. The molecule has 2 N–H and O–H groups in total. The SMILES string of the molecule is Cn1nc(S(=O)(=O)NC(=O)Nc2c3c(cc4c2CCC4)CCC3)cc1CN1CC(F)C1. The highest BCUT2D eigenvalue weighted by molar-refractivity contribution is 7.90. The molecule has 0 bridgehead atoms.